The van der Waals surface area contributed by atoms with Gasteiger partial charge in [-0.2, -0.15) is 4.31 Å². The number of hydrogen-bond donors (Lipinski definition) is 2. The Hall–Kier alpha value is -1.93. The molecule has 1 rings (SSSR count). The zero-order valence-corrected chi connectivity index (χ0v) is 11.4. The molecule has 3 N–H and O–H groups in total. The lowest BCUT2D eigenvalue weighted by atomic mass is 10.2. The van der Waals surface area contributed by atoms with Crippen LogP contribution in [0.1, 0.15) is 10.4 Å². The Morgan fingerprint density at radius 2 is 1.79 bits per heavy atom. The number of benzene rings is 1. The Morgan fingerprint density at radius 1 is 1.26 bits per heavy atom. The molecule has 0 unspecified atom stereocenters. The summed E-state index contributed by atoms with van der Waals surface area (Å²) >= 11 is 0. The molecule has 0 aromatic heterocycles. The van der Waals surface area contributed by atoms with E-state index in [9.17, 15) is 18.0 Å². The number of nitrogens with zero attached hydrogens (tertiary/aromatic N) is 1. The lowest BCUT2D eigenvalue weighted by Crippen LogP contribution is -2.36. The molecule has 0 spiro atoms. The first kappa shape index (κ1) is 15.1. The Kier molecular flexibility index (Phi) is 4.62. The van der Waals surface area contributed by atoms with Gasteiger partial charge in [-0.15, -0.1) is 0 Å². The molecule has 0 atom stereocenters. The van der Waals surface area contributed by atoms with E-state index in [0.717, 1.165) is 4.31 Å². The molecule has 19 heavy (non-hydrogen) atoms. The van der Waals surface area contributed by atoms with Crippen LogP contribution in [0.4, 0.5) is 0 Å². The van der Waals surface area contributed by atoms with Gasteiger partial charge in [0.05, 0.1) is 11.4 Å². The van der Waals surface area contributed by atoms with Crippen LogP contribution < -0.4 is 11.1 Å². The molecule has 0 radical (unpaired) electrons. The minimum absolute atomic E-state index is 0.0103. The molecule has 104 valence electrons. The van der Waals surface area contributed by atoms with Crippen LogP contribution in [0.15, 0.2) is 29.2 Å². The molecule has 1 aromatic rings. The Morgan fingerprint density at radius 3 is 2.21 bits per heavy atom. The molecule has 2 amide bonds. The summed E-state index contributed by atoms with van der Waals surface area (Å²) in [6.07, 6.45) is 0. The fourth-order valence-electron chi connectivity index (χ4n) is 1.34. The second-order valence-electron chi connectivity index (χ2n) is 3.82. The van der Waals surface area contributed by atoms with Crippen molar-refractivity contribution in [2.45, 2.75) is 4.90 Å². The molecule has 1 aromatic carbocycles. The summed E-state index contributed by atoms with van der Waals surface area (Å²) in [5.41, 5.74) is 5.28. The van der Waals surface area contributed by atoms with Crippen molar-refractivity contribution >= 4 is 21.8 Å². The quantitative estimate of drug-likeness (QED) is 0.734. The third-order valence-electron chi connectivity index (χ3n) is 2.49. The standard InChI is InChI=1S/C11H15N3O4S/c1-13-10(15)7-14(2)19(17,18)9-5-3-8(4-6-9)11(12)16/h3-6H,7H2,1-2H3,(H2,12,16)(H,13,15). The van der Waals surface area contributed by atoms with E-state index in [-0.39, 0.29) is 17.0 Å². The number of likely N-dealkylation sites (N-methyl/N-ethyl adjacent to an activating group) is 2. The number of primary amides is 1. The van der Waals surface area contributed by atoms with E-state index in [1.807, 2.05) is 0 Å². The molecule has 0 aliphatic carbocycles. The van der Waals surface area contributed by atoms with Crippen molar-refractivity contribution < 1.29 is 18.0 Å². The third kappa shape index (κ3) is 3.52. The van der Waals surface area contributed by atoms with Crippen LogP contribution >= 0.6 is 0 Å². The van der Waals surface area contributed by atoms with Gasteiger partial charge in [0.1, 0.15) is 0 Å². The molecular formula is C11H15N3O4S. The zero-order valence-electron chi connectivity index (χ0n) is 10.6. The summed E-state index contributed by atoms with van der Waals surface area (Å²) in [7, 11) is -1.05. The van der Waals surface area contributed by atoms with Gasteiger partial charge >= 0.3 is 0 Å². The average molecular weight is 285 g/mol. The first-order valence-corrected chi connectivity index (χ1v) is 6.80. The van der Waals surface area contributed by atoms with Crippen molar-refractivity contribution in [1.82, 2.24) is 9.62 Å². The van der Waals surface area contributed by atoms with Crippen molar-refractivity contribution in [3.05, 3.63) is 29.8 Å². The van der Waals surface area contributed by atoms with Crippen LogP contribution in [0.5, 0.6) is 0 Å². The maximum atomic E-state index is 12.1. The first-order chi connectivity index (χ1) is 8.78. The van der Waals surface area contributed by atoms with Gasteiger partial charge in [0.25, 0.3) is 0 Å². The van der Waals surface area contributed by atoms with Gasteiger partial charge in [0.15, 0.2) is 0 Å². The monoisotopic (exact) mass is 285 g/mol. The number of hydrogen-bond acceptors (Lipinski definition) is 4. The zero-order chi connectivity index (χ0) is 14.6. The summed E-state index contributed by atoms with van der Waals surface area (Å²) in [4.78, 5) is 22.0. The summed E-state index contributed by atoms with van der Waals surface area (Å²) in [6, 6.07) is 5.19. The fourth-order valence-corrected chi connectivity index (χ4v) is 2.46. The number of sulfonamides is 1. The van der Waals surface area contributed by atoms with Gasteiger partial charge < -0.3 is 11.1 Å². The first-order valence-electron chi connectivity index (χ1n) is 5.36. The van der Waals surface area contributed by atoms with Crippen LogP contribution in [-0.2, 0) is 14.8 Å². The van der Waals surface area contributed by atoms with Crippen LogP contribution in [0, 0.1) is 0 Å². The van der Waals surface area contributed by atoms with Gasteiger partial charge in [0.2, 0.25) is 21.8 Å². The molecule has 0 aliphatic rings. The fraction of sp³-hybridized carbons (Fsp3) is 0.273. The molecule has 0 bridgehead atoms. The number of carbonyl (C=O) groups is 2. The van der Waals surface area contributed by atoms with E-state index < -0.39 is 21.8 Å². The molecule has 7 nitrogen and oxygen atoms in total. The lowest BCUT2D eigenvalue weighted by Gasteiger charge is -2.16. The van der Waals surface area contributed by atoms with Crippen LogP contribution in [0.25, 0.3) is 0 Å². The maximum absolute atomic E-state index is 12.1. The predicted molar refractivity (Wildman–Crippen MR) is 68.8 cm³/mol. The van der Waals surface area contributed by atoms with Crippen molar-refractivity contribution in [3.63, 3.8) is 0 Å². The Balaban J connectivity index is 3.00. The molecule has 8 heteroatoms. The summed E-state index contributed by atoms with van der Waals surface area (Å²) in [5, 5.41) is 2.34. The van der Waals surface area contributed by atoms with Gasteiger partial charge in [-0.05, 0) is 24.3 Å². The van der Waals surface area contributed by atoms with E-state index >= 15 is 0 Å². The number of nitrogens with one attached hydrogen (secondary N) is 1. The summed E-state index contributed by atoms with van der Waals surface area (Å²) in [5.74, 6) is -1.05. The highest BCUT2D eigenvalue weighted by atomic mass is 32.2. The van der Waals surface area contributed by atoms with Gasteiger partial charge in [-0.3, -0.25) is 9.59 Å². The molecule has 0 aliphatic heterocycles. The van der Waals surface area contributed by atoms with E-state index in [0.29, 0.717) is 0 Å². The number of nitrogens with two attached hydrogens (primary N) is 1. The minimum Gasteiger partial charge on any atom is -0.366 e. The van der Waals surface area contributed by atoms with Crippen molar-refractivity contribution in [1.29, 1.82) is 0 Å². The van der Waals surface area contributed by atoms with Crippen molar-refractivity contribution in [2.75, 3.05) is 20.6 Å². The second kappa shape index (κ2) is 5.81. The Labute approximate surface area is 111 Å². The van der Waals surface area contributed by atoms with E-state index in [1.54, 1.807) is 0 Å². The highest BCUT2D eigenvalue weighted by Gasteiger charge is 2.22. The highest BCUT2D eigenvalue weighted by molar-refractivity contribution is 7.89. The highest BCUT2D eigenvalue weighted by Crippen LogP contribution is 2.14. The van der Waals surface area contributed by atoms with Crippen LogP contribution in [0.3, 0.4) is 0 Å². The lowest BCUT2D eigenvalue weighted by molar-refractivity contribution is -0.120. The van der Waals surface area contributed by atoms with E-state index in [1.165, 1.54) is 38.4 Å². The van der Waals surface area contributed by atoms with Gasteiger partial charge in [0, 0.05) is 19.7 Å². The second-order valence-corrected chi connectivity index (χ2v) is 5.87. The van der Waals surface area contributed by atoms with Crippen molar-refractivity contribution in [2.24, 2.45) is 5.73 Å². The predicted octanol–water partition coefficient (Wildman–Crippen LogP) is -0.848. The van der Waals surface area contributed by atoms with E-state index in [2.05, 4.69) is 5.32 Å². The topological polar surface area (TPSA) is 110 Å². The summed E-state index contributed by atoms with van der Waals surface area (Å²) < 4.78 is 25.1. The normalized spacial score (nSPS) is 11.3. The molecular weight excluding hydrogens is 270 g/mol. The average Bonchev–Trinajstić information content (AvgIpc) is 2.38. The SMILES string of the molecule is CNC(=O)CN(C)S(=O)(=O)c1ccc(C(N)=O)cc1. The molecule has 0 saturated heterocycles. The van der Waals surface area contributed by atoms with Gasteiger partial charge in [-0.1, -0.05) is 0 Å². The van der Waals surface area contributed by atoms with Gasteiger partial charge in [-0.25, -0.2) is 8.42 Å². The number of carbonyl (C=O) groups excluding carboxylic acids is 2. The van der Waals surface area contributed by atoms with Crippen LogP contribution in [0.2, 0.25) is 0 Å². The number of amides is 2. The molecule has 0 saturated carbocycles. The smallest absolute Gasteiger partial charge is 0.248 e. The summed E-state index contributed by atoms with van der Waals surface area (Å²) in [6.45, 7) is -0.281. The third-order valence-corrected chi connectivity index (χ3v) is 4.31. The number of rotatable bonds is 5. The van der Waals surface area contributed by atoms with Crippen molar-refractivity contribution in [3.8, 4) is 0 Å². The maximum Gasteiger partial charge on any atom is 0.248 e. The molecule has 0 heterocycles. The molecule has 0 fully saturated rings. The van der Waals surface area contributed by atoms with Crippen LogP contribution in [-0.4, -0.2) is 45.2 Å². The van der Waals surface area contributed by atoms with E-state index in [4.69, 9.17) is 5.73 Å². The Bertz CT molecular complexity index is 580. The largest absolute Gasteiger partial charge is 0.366 e. The minimum atomic E-state index is -3.77.